The third-order valence-corrected chi connectivity index (χ3v) is 3.41. The summed E-state index contributed by atoms with van der Waals surface area (Å²) in [5, 5.41) is 2.70. The number of nitrogens with zero attached hydrogens (tertiary/aromatic N) is 4. The van der Waals surface area contributed by atoms with E-state index in [4.69, 9.17) is 6.42 Å². The summed E-state index contributed by atoms with van der Waals surface area (Å²) >= 11 is 0. The molecule has 0 atom stereocenters. The molecule has 2 heterocycles. The molecule has 1 aliphatic heterocycles. The molecule has 0 aliphatic carbocycles. The van der Waals surface area contributed by atoms with Crippen molar-refractivity contribution in [3.8, 4) is 12.3 Å². The molecule has 112 valence electrons. The third kappa shape index (κ3) is 4.72. The molecule has 0 bridgehead atoms. The van der Waals surface area contributed by atoms with E-state index in [1.165, 1.54) is 0 Å². The van der Waals surface area contributed by atoms with E-state index in [1.807, 2.05) is 13.0 Å². The van der Waals surface area contributed by atoms with Gasteiger partial charge in [-0.1, -0.05) is 5.92 Å². The maximum atomic E-state index is 11.7. The van der Waals surface area contributed by atoms with Gasteiger partial charge in [0.15, 0.2) is 0 Å². The molecule has 1 fully saturated rings. The van der Waals surface area contributed by atoms with Crippen LogP contribution in [-0.2, 0) is 4.79 Å². The molecule has 1 aromatic rings. The first kappa shape index (κ1) is 15.3. The van der Waals surface area contributed by atoms with E-state index in [1.54, 1.807) is 6.20 Å². The lowest BCUT2D eigenvalue weighted by molar-refractivity contribution is -0.121. The standard InChI is InChI=1S/C15H21N5O/c1-3-6-16-14(21)12-19-8-4-9-20(11-10-19)15-17-7-5-13(2)18-15/h1,5,7H,4,6,8-12H2,2H3,(H,16,21). The van der Waals surface area contributed by atoms with Gasteiger partial charge in [0.2, 0.25) is 11.9 Å². The number of hydrogen-bond acceptors (Lipinski definition) is 5. The van der Waals surface area contributed by atoms with Crippen LogP contribution in [0.2, 0.25) is 0 Å². The Morgan fingerprint density at radius 2 is 2.29 bits per heavy atom. The summed E-state index contributed by atoms with van der Waals surface area (Å²) in [6.07, 6.45) is 7.90. The van der Waals surface area contributed by atoms with Crippen molar-refractivity contribution in [2.24, 2.45) is 0 Å². The molecular formula is C15H21N5O. The van der Waals surface area contributed by atoms with Crippen molar-refractivity contribution in [1.29, 1.82) is 0 Å². The first-order valence-corrected chi connectivity index (χ1v) is 7.16. The maximum absolute atomic E-state index is 11.7. The summed E-state index contributed by atoms with van der Waals surface area (Å²) < 4.78 is 0. The van der Waals surface area contributed by atoms with Gasteiger partial charge in [-0.15, -0.1) is 6.42 Å². The van der Waals surface area contributed by atoms with E-state index < -0.39 is 0 Å². The molecule has 1 amide bonds. The summed E-state index contributed by atoms with van der Waals surface area (Å²) in [7, 11) is 0. The second kappa shape index (κ2) is 7.60. The van der Waals surface area contributed by atoms with Crippen LogP contribution in [0.3, 0.4) is 0 Å². The Kier molecular flexibility index (Phi) is 5.52. The van der Waals surface area contributed by atoms with Crippen molar-refractivity contribution >= 4 is 11.9 Å². The van der Waals surface area contributed by atoms with Crippen LogP contribution >= 0.6 is 0 Å². The first-order valence-electron chi connectivity index (χ1n) is 7.16. The van der Waals surface area contributed by atoms with Crippen LogP contribution in [0.4, 0.5) is 5.95 Å². The Hall–Kier alpha value is -2.13. The van der Waals surface area contributed by atoms with Gasteiger partial charge in [-0.3, -0.25) is 9.69 Å². The lowest BCUT2D eigenvalue weighted by atomic mass is 10.3. The number of rotatable bonds is 4. The number of nitrogens with one attached hydrogen (secondary N) is 1. The molecule has 1 aromatic heterocycles. The van der Waals surface area contributed by atoms with Crippen molar-refractivity contribution < 1.29 is 4.79 Å². The normalized spacial score (nSPS) is 16.1. The van der Waals surface area contributed by atoms with Gasteiger partial charge in [0.25, 0.3) is 0 Å². The van der Waals surface area contributed by atoms with Gasteiger partial charge in [0, 0.05) is 38.1 Å². The van der Waals surface area contributed by atoms with Crippen molar-refractivity contribution in [3.63, 3.8) is 0 Å². The number of carbonyl (C=O) groups excluding carboxylic acids is 1. The number of hydrogen-bond donors (Lipinski definition) is 1. The van der Waals surface area contributed by atoms with Gasteiger partial charge in [-0.05, 0) is 19.4 Å². The lowest BCUT2D eigenvalue weighted by Gasteiger charge is -2.21. The van der Waals surface area contributed by atoms with Crippen LogP contribution < -0.4 is 10.2 Å². The van der Waals surface area contributed by atoms with Gasteiger partial charge in [-0.25, -0.2) is 9.97 Å². The Balaban J connectivity index is 1.87. The highest BCUT2D eigenvalue weighted by atomic mass is 16.2. The molecule has 0 spiro atoms. The van der Waals surface area contributed by atoms with Crippen LogP contribution in [0, 0.1) is 19.3 Å². The summed E-state index contributed by atoms with van der Waals surface area (Å²) in [5.41, 5.74) is 0.967. The number of terminal acetylenes is 1. The molecule has 0 aromatic carbocycles. The van der Waals surface area contributed by atoms with Gasteiger partial charge in [0.05, 0.1) is 13.1 Å². The van der Waals surface area contributed by atoms with E-state index in [2.05, 4.69) is 31.0 Å². The first-order chi connectivity index (χ1) is 10.2. The quantitative estimate of drug-likeness (QED) is 0.793. The molecule has 0 unspecified atom stereocenters. The summed E-state index contributed by atoms with van der Waals surface area (Å²) in [6.45, 7) is 6.09. The fourth-order valence-electron chi connectivity index (χ4n) is 2.33. The van der Waals surface area contributed by atoms with Gasteiger partial charge < -0.3 is 10.2 Å². The summed E-state index contributed by atoms with van der Waals surface area (Å²) in [5.74, 6) is 3.16. The zero-order valence-electron chi connectivity index (χ0n) is 12.4. The van der Waals surface area contributed by atoms with Crippen molar-refractivity contribution in [2.75, 3.05) is 44.2 Å². The second-order valence-electron chi connectivity index (χ2n) is 5.10. The van der Waals surface area contributed by atoms with Crippen LogP contribution in [0.15, 0.2) is 12.3 Å². The highest BCUT2D eigenvalue weighted by Gasteiger charge is 2.18. The average Bonchev–Trinajstić information content (AvgIpc) is 2.71. The number of carbonyl (C=O) groups is 1. The molecular weight excluding hydrogens is 266 g/mol. The smallest absolute Gasteiger partial charge is 0.234 e. The lowest BCUT2D eigenvalue weighted by Crippen LogP contribution is -2.39. The fourth-order valence-corrected chi connectivity index (χ4v) is 2.33. The molecule has 6 nitrogen and oxygen atoms in total. The summed E-state index contributed by atoms with van der Waals surface area (Å²) in [6, 6.07) is 1.89. The second-order valence-corrected chi connectivity index (χ2v) is 5.10. The minimum atomic E-state index is -0.0202. The van der Waals surface area contributed by atoms with Crippen molar-refractivity contribution in [3.05, 3.63) is 18.0 Å². The minimum Gasteiger partial charge on any atom is -0.344 e. The number of aromatic nitrogens is 2. The van der Waals surface area contributed by atoms with Gasteiger partial charge in [-0.2, -0.15) is 0 Å². The topological polar surface area (TPSA) is 61.4 Å². The van der Waals surface area contributed by atoms with E-state index >= 15 is 0 Å². The number of aryl methyl sites for hydroxylation is 1. The van der Waals surface area contributed by atoms with Gasteiger partial charge in [0.1, 0.15) is 0 Å². The van der Waals surface area contributed by atoms with Crippen LogP contribution in [0.1, 0.15) is 12.1 Å². The Labute approximate surface area is 125 Å². The molecule has 1 saturated heterocycles. The molecule has 1 N–H and O–H groups in total. The monoisotopic (exact) mass is 287 g/mol. The molecule has 0 radical (unpaired) electrons. The van der Waals surface area contributed by atoms with Crippen LogP contribution in [0.5, 0.6) is 0 Å². The zero-order valence-corrected chi connectivity index (χ0v) is 12.4. The zero-order chi connectivity index (χ0) is 15.1. The van der Waals surface area contributed by atoms with E-state index in [9.17, 15) is 4.79 Å². The van der Waals surface area contributed by atoms with E-state index in [-0.39, 0.29) is 12.5 Å². The van der Waals surface area contributed by atoms with E-state index in [0.717, 1.165) is 44.2 Å². The molecule has 2 rings (SSSR count). The Bertz CT molecular complexity index is 525. The molecule has 1 aliphatic rings. The predicted octanol–water partition coefficient (Wildman–Crippen LogP) is 0.0465. The van der Waals surface area contributed by atoms with Crippen LogP contribution in [-0.4, -0.2) is 60.0 Å². The Morgan fingerprint density at radius 1 is 1.43 bits per heavy atom. The number of anilines is 1. The minimum absolute atomic E-state index is 0.0202. The van der Waals surface area contributed by atoms with Crippen molar-refractivity contribution in [2.45, 2.75) is 13.3 Å². The summed E-state index contributed by atoms with van der Waals surface area (Å²) in [4.78, 5) is 24.8. The fraction of sp³-hybridized carbons (Fsp3) is 0.533. The van der Waals surface area contributed by atoms with Gasteiger partial charge >= 0.3 is 0 Å². The van der Waals surface area contributed by atoms with Crippen LogP contribution in [0.25, 0.3) is 0 Å². The van der Waals surface area contributed by atoms with E-state index in [0.29, 0.717) is 6.54 Å². The highest BCUT2D eigenvalue weighted by molar-refractivity contribution is 5.78. The average molecular weight is 287 g/mol. The highest BCUT2D eigenvalue weighted by Crippen LogP contribution is 2.11. The SMILES string of the molecule is C#CCNC(=O)CN1CCCN(c2nccc(C)n2)CC1. The molecule has 6 heteroatoms. The Morgan fingerprint density at radius 3 is 3.05 bits per heavy atom. The molecule has 21 heavy (non-hydrogen) atoms. The largest absolute Gasteiger partial charge is 0.344 e. The third-order valence-electron chi connectivity index (χ3n) is 3.41. The predicted molar refractivity (Wildman–Crippen MR) is 81.9 cm³/mol. The number of amides is 1. The van der Waals surface area contributed by atoms with Crippen molar-refractivity contribution in [1.82, 2.24) is 20.2 Å². The molecule has 0 saturated carbocycles. The maximum Gasteiger partial charge on any atom is 0.234 e.